The number of nitrogens with one attached hydrogen (secondary N) is 1. The molecular weight excluding hydrogens is 374 g/mol. The molecule has 0 fully saturated rings. The van der Waals surface area contributed by atoms with Crippen LogP contribution in [0, 0.1) is 13.8 Å². The molecule has 1 N–H and O–H groups in total. The number of aryl methyl sites for hydroxylation is 2. The standard InChI is InChI=1S/C19H17N7OS/c1-11-21-17(13-6-4-5-9-20-13)24-19(22-11)25-18(27)16-8-7-15(26(16)3)14-10-28-12(2)23-14/h4-10H,1-3H3,(H,21,22,24,25,27). The molecule has 0 saturated heterocycles. The molecule has 0 aliphatic rings. The molecule has 0 spiro atoms. The normalized spacial score (nSPS) is 10.8. The number of carbonyl (C=O) groups is 1. The molecule has 0 aromatic carbocycles. The molecule has 0 aliphatic heterocycles. The van der Waals surface area contributed by atoms with E-state index in [0.717, 1.165) is 16.4 Å². The summed E-state index contributed by atoms with van der Waals surface area (Å²) in [7, 11) is 1.83. The number of hydrogen-bond acceptors (Lipinski definition) is 7. The third-order valence-electron chi connectivity index (χ3n) is 4.10. The topological polar surface area (TPSA) is 98.5 Å². The van der Waals surface area contributed by atoms with Gasteiger partial charge < -0.3 is 4.57 Å². The summed E-state index contributed by atoms with van der Waals surface area (Å²) in [4.78, 5) is 34.4. The van der Waals surface area contributed by atoms with Crippen LogP contribution in [-0.2, 0) is 7.05 Å². The summed E-state index contributed by atoms with van der Waals surface area (Å²) in [5.41, 5.74) is 2.81. The molecule has 0 bridgehead atoms. The van der Waals surface area contributed by atoms with Crippen LogP contribution in [-0.4, -0.2) is 35.4 Å². The van der Waals surface area contributed by atoms with Gasteiger partial charge in [-0.25, -0.2) is 9.97 Å². The second kappa shape index (κ2) is 7.28. The van der Waals surface area contributed by atoms with Crippen LogP contribution in [0.25, 0.3) is 22.9 Å². The molecule has 8 nitrogen and oxygen atoms in total. The Morgan fingerprint density at radius 2 is 1.89 bits per heavy atom. The fourth-order valence-electron chi connectivity index (χ4n) is 2.79. The van der Waals surface area contributed by atoms with Crippen molar-refractivity contribution >= 4 is 23.2 Å². The summed E-state index contributed by atoms with van der Waals surface area (Å²) in [5.74, 6) is 0.786. The van der Waals surface area contributed by atoms with Crippen LogP contribution in [0.2, 0.25) is 0 Å². The van der Waals surface area contributed by atoms with Gasteiger partial charge >= 0.3 is 0 Å². The average Bonchev–Trinajstić information content (AvgIpc) is 3.27. The first-order valence-electron chi connectivity index (χ1n) is 8.55. The van der Waals surface area contributed by atoms with E-state index in [1.54, 1.807) is 41.2 Å². The Morgan fingerprint density at radius 1 is 1.04 bits per heavy atom. The highest BCUT2D eigenvalue weighted by Gasteiger charge is 2.17. The lowest BCUT2D eigenvalue weighted by Gasteiger charge is -2.08. The van der Waals surface area contributed by atoms with Crippen molar-refractivity contribution in [2.24, 2.45) is 7.05 Å². The molecular formula is C19H17N7OS. The summed E-state index contributed by atoms with van der Waals surface area (Å²) in [6, 6.07) is 9.11. The van der Waals surface area contributed by atoms with Gasteiger partial charge in [-0.15, -0.1) is 11.3 Å². The van der Waals surface area contributed by atoms with Crippen LogP contribution >= 0.6 is 11.3 Å². The smallest absolute Gasteiger partial charge is 0.274 e. The van der Waals surface area contributed by atoms with Crippen molar-refractivity contribution in [1.29, 1.82) is 0 Å². The Bertz CT molecular complexity index is 1150. The van der Waals surface area contributed by atoms with Crippen molar-refractivity contribution in [1.82, 2.24) is 29.5 Å². The lowest BCUT2D eigenvalue weighted by atomic mass is 10.3. The SMILES string of the molecule is Cc1nc(NC(=O)c2ccc(-c3csc(C)n3)n2C)nc(-c2ccccn2)n1. The molecule has 4 heterocycles. The maximum absolute atomic E-state index is 12.8. The maximum Gasteiger partial charge on any atom is 0.274 e. The van der Waals surface area contributed by atoms with E-state index >= 15 is 0 Å². The van der Waals surface area contributed by atoms with Gasteiger partial charge in [0.05, 0.1) is 16.4 Å². The number of carbonyl (C=O) groups excluding carboxylic acids is 1. The Hall–Kier alpha value is -3.46. The number of nitrogens with zero attached hydrogens (tertiary/aromatic N) is 6. The Labute approximate surface area is 165 Å². The highest BCUT2D eigenvalue weighted by atomic mass is 32.1. The van der Waals surface area contributed by atoms with Crippen LogP contribution in [0.5, 0.6) is 0 Å². The second-order valence-corrected chi connectivity index (χ2v) is 7.18. The molecule has 0 radical (unpaired) electrons. The highest BCUT2D eigenvalue weighted by molar-refractivity contribution is 7.09. The van der Waals surface area contributed by atoms with E-state index in [0.29, 0.717) is 23.0 Å². The van der Waals surface area contributed by atoms with E-state index < -0.39 is 0 Å². The summed E-state index contributed by atoms with van der Waals surface area (Å²) in [6.07, 6.45) is 1.67. The van der Waals surface area contributed by atoms with Crippen LogP contribution in [0.3, 0.4) is 0 Å². The minimum atomic E-state index is -0.307. The van der Waals surface area contributed by atoms with Crippen molar-refractivity contribution < 1.29 is 4.79 Å². The van der Waals surface area contributed by atoms with Crippen LogP contribution < -0.4 is 5.32 Å². The van der Waals surface area contributed by atoms with Gasteiger partial charge in [-0.2, -0.15) is 9.97 Å². The summed E-state index contributed by atoms with van der Waals surface area (Å²) >= 11 is 1.57. The zero-order chi connectivity index (χ0) is 19.7. The molecule has 0 saturated carbocycles. The minimum Gasteiger partial charge on any atom is -0.338 e. The van der Waals surface area contributed by atoms with Crippen LogP contribution in [0.1, 0.15) is 21.3 Å². The van der Waals surface area contributed by atoms with Crippen molar-refractivity contribution in [3.8, 4) is 22.9 Å². The largest absolute Gasteiger partial charge is 0.338 e. The molecule has 4 rings (SSSR count). The summed E-state index contributed by atoms with van der Waals surface area (Å²) in [5, 5.41) is 5.70. The summed E-state index contributed by atoms with van der Waals surface area (Å²) in [6.45, 7) is 3.70. The van der Waals surface area contributed by atoms with E-state index in [1.165, 1.54) is 0 Å². The van der Waals surface area contributed by atoms with Crippen molar-refractivity contribution in [2.45, 2.75) is 13.8 Å². The van der Waals surface area contributed by atoms with Crippen LogP contribution in [0.4, 0.5) is 5.95 Å². The van der Waals surface area contributed by atoms with E-state index in [4.69, 9.17) is 0 Å². The number of rotatable bonds is 4. The lowest BCUT2D eigenvalue weighted by Crippen LogP contribution is -2.18. The zero-order valence-corrected chi connectivity index (χ0v) is 16.4. The maximum atomic E-state index is 12.8. The molecule has 28 heavy (non-hydrogen) atoms. The predicted octanol–water partition coefficient (Wildman–Crippen LogP) is 3.26. The number of anilines is 1. The lowest BCUT2D eigenvalue weighted by molar-refractivity contribution is 0.101. The molecule has 140 valence electrons. The van der Waals surface area contributed by atoms with Crippen molar-refractivity contribution in [2.75, 3.05) is 5.32 Å². The number of amides is 1. The van der Waals surface area contributed by atoms with Gasteiger partial charge in [-0.3, -0.25) is 15.1 Å². The van der Waals surface area contributed by atoms with E-state index in [2.05, 4.69) is 30.2 Å². The zero-order valence-electron chi connectivity index (χ0n) is 15.5. The van der Waals surface area contributed by atoms with E-state index in [9.17, 15) is 4.79 Å². The predicted molar refractivity (Wildman–Crippen MR) is 107 cm³/mol. The van der Waals surface area contributed by atoms with Gasteiger partial charge in [-0.05, 0) is 38.1 Å². The third-order valence-corrected chi connectivity index (χ3v) is 4.88. The van der Waals surface area contributed by atoms with Gasteiger partial charge in [0.15, 0.2) is 5.82 Å². The Balaban J connectivity index is 1.61. The fraction of sp³-hybridized carbons (Fsp3) is 0.158. The Morgan fingerprint density at radius 3 is 2.61 bits per heavy atom. The van der Waals surface area contributed by atoms with E-state index in [-0.39, 0.29) is 11.9 Å². The molecule has 0 atom stereocenters. The minimum absolute atomic E-state index is 0.186. The van der Waals surface area contributed by atoms with Gasteiger partial charge in [0.1, 0.15) is 17.2 Å². The molecule has 0 aliphatic carbocycles. The van der Waals surface area contributed by atoms with Crippen molar-refractivity contribution in [3.05, 3.63) is 58.4 Å². The second-order valence-electron chi connectivity index (χ2n) is 6.11. The molecule has 4 aromatic heterocycles. The van der Waals surface area contributed by atoms with Crippen molar-refractivity contribution in [3.63, 3.8) is 0 Å². The first-order chi connectivity index (χ1) is 13.5. The number of pyridine rings is 1. The molecule has 1 amide bonds. The van der Waals surface area contributed by atoms with Gasteiger partial charge in [-0.1, -0.05) is 6.07 Å². The number of hydrogen-bond donors (Lipinski definition) is 1. The highest BCUT2D eigenvalue weighted by Crippen LogP contribution is 2.23. The quantitative estimate of drug-likeness (QED) is 0.573. The number of aromatic nitrogens is 6. The third kappa shape index (κ3) is 3.52. The van der Waals surface area contributed by atoms with Crippen LogP contribution in [0.15, 0.2) is 41.9 Å². The first-order valence-corrected chi connectivity index (χ1v) is 9.43. The molecule has 9 heteroatoms. The van der Waals surface area contributed by atoms with Gasteiger partial charge in [0.25, 0.3) is 5.91 Å². The van der Waals surface area contributed by atoms with Gasteiger partial charge in [0, 0.05) is 18.6 Å². The number of thiazole rings is 1. The fourth-order valence-corrected chi connectivity index (χ4v) is 3.40. The molecule has 0 unspecified atom stereocenters. The van der Waals surface area contributed by atoms with E-state index in [1.807, 2.05) is 37.6 Å². The average molecular weight is 391 g/mol. The Kier molecular flexibility index (Phi) is 4.66. The molecule has 4 aromatic rings. The van der Waals surface area contributed by atoms with Gasteiger partial charge in [0.2, 0.25) is 5.95 Å². The first kappa shape index (κ1) is 17.9. The summed E-state index contributed by atoms with van der Waals surface area (Å²) < 4.78 is 1.80. The monoisotopic (exact) mass is 391 g/mol.